The van der Waals surface area contributed by atoms with Gasteiger partial charge >= 0.3 is 0 Å². The van der Waals surface area contributed by atoms with Crippen molar-refractivity contribution in [1.29, 1.82) is 0 Å². The smallest absolute Gasteiger partial charge is 0.236 e. The zero-order valence-electron chi connectivity index (χ0n) is 13.0. The Labute approximate surface area is 122 Å². The van der Waals surface area contributed by atoms with Crippen LogP contribution in [-0.2, 0) is 9.59 Å². The predicted octanol–water partition coefficient (Wildman–Crippen LogP) is 1.24. The van der Waals surface area contributed by atoms with E-state index in [-0.39, 0.29) is 11.8 Å². The van der Waals surface area contributed by atoms with Gasteiger partial charge in [0.15, 0.2) is 0 Å². The van der Waals surface area contributed by atoms with Crippen molar-refractivity contribution in [2.45, 2.75) is 46.0 Å². The van der Waals surface area contributed by atoms with Crippen LogP contribution in [0, 0.1) is 0 Å². The van der Waals surface area contributed by atoms with Crippen molar-refractivity contribution in [3.63, 3.8) is 0 Å². The molecule has 1 fully saturated rings. The number of carbonyl (C=O) groups excluding carboxylic acids is 2. The summed E-state index contributed by atoms with van der Waals surface area (Å²) in [5.41, 5.74) is 0. The number of rotatable bonds is 7. The average Bonchev–Trinajstić information content (AvgIpc) is 2.73. The molecule has 0 saturated carbocycles. The van der Waals surface area contributed by atoms with Gasteiger partial charge in [-0.3, -0.25) is 9.59 Å². The van der Waals surface area contributed by atoms with Crippen molar-refractivity contribution in [3.05, 3.63) is 0 Å². The molecule has 0 aromatic rings. The molecule has 1 aliphatic heterocycles. The van der Waals surface area contributed by atoms with Crippen LogP contribution in [0.1, 0.15) is 46.0 Å². The lowest BCUT2D eigenvalue weighted by Gasteiger charge is -2.21. The van der Waals surface area contributed by atoms with Gasteiger partial charge < -0.3 is 15.1 Å². The first-order valence-electron chi connectivity index (χ1n) is 7.95. The minimum Gasteiger partial charge on any atom is -0.343 e. The summed E-state index contributed by atoms with van der Waals surface area (Å²) in [6.07, 6.45) is 5.17. The molecule has 0 aromatic carbocycles. The molecule has 0 radical (unpaired) electrons. The zero-order chi connectivity index (χ0) is 14.8. The second kappa shape index (κ2) is 9.75. The molecule has 2 amide bonds. The Balaban J connectivity index is 2.16. The van der Waals surface area contributed by atoms with Gasteiger partial charge in [-0.05, 0) is 26.7 Å². The number of likely N-dealkylation sites (tertiary alicyclic amines) is 1. The largest absolute Gasteiger partial charge is 0.343 e. The van der Waals surface area contributed by atoms with Gasteiger partial charge in [-0.25, -0.2) is 0 Å². The van der Waals surface area contributed by atoms with E-state index in [0.29, 0.717) is 19.5 Å². The van der Waals surface area contributed by atoms with Crippen LogP contribution in [0.15, 0.2) is 0 Å². The van der Waals surface area contributed by atoms with Crippen LogP contribution in [0.25, 0.3) is 0 Å². The van der Waals surface area contributed by atoms with Gasteiger partial charge in [0.05, 0.1) is 6.54 Å². The summed E-state index contributed by atoms with van der Waals surface area (Å²) in [6, 6.07) is 0. The van der Waals surface area contributed by atoms with E-state index in [4.69, 9.17) is 0 Å². The maximum absolute atomic E-state index is 12.0. The van der Waals surface area contributed by atoms with Gasteiger partial charge in [0.25, 0.3) is 0 Å². The minimum atomic E-state index is 0.157. The van der Waals surface area contributed by atoms with Gasteiger partial charge in [0.1, 0.15) is 0 Å². The summed E-state index contributed by atoms with van der Waals surface area (Å²) < 4.78 is 0. The molecule has 116 valence electrons. The first kappa shape index (κ1) is 17.0. The summed E-state index contributed by atoms with van der Waals surface area (Å²) in [7, 11) is 0. The number of hydrogen-bond acceptors (Lipinski definition) is 3. The maximum atomic E-state index is 12.0. The second-order valence-electron chi connectivity index (χ2n) is 5.29. The summed E-state index contributed by atoms with van der Waals surface area (Å²) in [4.78, 5) is 27.6. The van der Waals surface area contributed by atoms with E-state index in [1.54, 1.807) is 0 Å². The highest BCUT2D eigenvalue weighted by Gasteiger charge is 2.15. The molecule has 1 heterocycles. The van der Waals surface area contributed by atoms with E-state index in [1.165, 1.54) is 12.8 Å². The molecule has 5 heteroatoms. The highest BCUT2D eigenvalue weighted by Crippen LogP contribution is 2.09. The number of hydrogen-bond donors (Lipinski definition) is 1. The Morgan fingerprint density at radius 3 is 2.20 bits per heavy atom. The van der Waals surface area contributed by atoms with Crippen molar-refractivity contribution in [1.82, 2.24) is 15.1 Å². The lowest BCUT2D eigenvalue weighted by atomic mass is 10.2. The average molecular weight is 283 g/mol. The third-order valence-electron chi connectivity index (χ3n) is 3.87. The van der Waals surface area contributed by atoms with Crippen molar-refractivity contribution in [2.24, 2.45) is 0 Å². The SMILES string of the molecule is CCN(CC)C(=O)CCNCC(=O)N1CCCCCC1. The second-order valence-corrected chi connectivity index (χ2v) is 5.29. The number of nitrogens with one attached hydrogen (secondary N) is 1. The molecular weight excluding hydrogens is 254 g/mol. The van der Waals surface area contributed by atoms with Gasteiger partial charge in [-0.1, -0.05) is 12.8 Å². The lowest BCUT2D eigenvalue weighted by molar-refractivity contribution is -0.132. The number of amides is 2. The first-order chi connectivity index (χ1) is 9.69. The van der Waals surface area contributed by atoms with Gasteiger partial charge in [-0.15, -0.1) is 0 Å². The van der Waals surface area contributed by atoms with Crippen molar-refractivity contribution >= 4 is 11.8 Å². The van der Waals surface area contributed by atoms with E-state index in [2.05, 4.69) is 5.32 Å². The molecule has 1 N–H and O–H groups in total. The molecule has 5 nitrogen and oxygen atoms in total. The van der Waals surface area contributed by atoms with Crippen molar-refractivity contribution < 1.29 is 9.59 Å². The molecule has 20 heavy (non-hydrogen) atoms. The third-order valence-corrected chi connectivity index (χ3v) is 3.87. The Kier molecular flexibility index (Phi) is 8.26. The molecule has 0 atom stereocenters. The molecule has 0 aromatic heterocycles. The quantitative estimate of drug-likeness (QED) is 0.715. The Bertz CT molecular complexity index is 295. The van der Waals surface area contributed by atoms with Crippen LogP contribution in [0.4, 0.5) is 0 Å². The Hall–Kier alpha value is -1.10. The predicted molar refractivity (Wildman–Crippen MR) is 80.5 cm³/mol. The minimum absolute atomic E-state index is 0.157. The van der Waals surface area contributed by atoms with Crippen LogP contribution < -0.4 is 5.32 Å². The number of carbonyl (C=O) groups is 2. The molecule has 1 rings (SSSR count). The molecule has 0 spiro atoms. The van der Waals surface area contributed by atoms with E-state index in [0.717, 1.165) is 39.0 Å². The molecule has 0 bridgehead atoms. The third kappa shape index (κ3) is 5.90. The van der Waals surface area contributed by atoms with Gasteiger partial charge in [-0.2, -0.15) is 0 Å². The first-order valence-corrected chi connectivity index (χ1v) is 7.95. The number of nitrogens with zero attached hydrogens (tertiary/aromatic N) is 2. The summed E-state index contributed by atoms with van der Waals surface area (Å²) >= 11 is 0. The normalized spacial score (nSPS) is 15.8. The fraction of sp³-hybridized carbons (Fsp3) is 0.867. The lowest BCUT2D eigenvalue weighted by Crippen LogP contribution is -2.40. The molecule has 0 unspecified atom stereocenters. The van der Waals surface area contributed by atoms with Crippen LogP contribution in [0.3, 0.4) is 0 Å². The van der Waals surface area contributed by atoms with E-state index >= 15 is 0 Å². The molecule has 0 aliphatic carbocycles. The highest BCUT2D eigenvalue weighted by molar-refractivity contribution is 5.78. The van der Waals surface area contributed by atoms with Crippen LogP contribution >= 0.6 is 0 Å². The topological polar surface area (TPSA) is 52.7 Å². The van der Waals surface area contributed by atoms with E-state index in [9.17, 15) is 9.59 Å². The van der Waals surface area contributed by atoms with Crippen LogP contribution in [-0.4, -0.2) is 60.9 Å². The monoisotopic (exact) mass is 283 g/mol. The van der Waals surface area contributed by atoms with Crippen molar-refractivity contribution in [2.75, 3.05) is 39.3 Å². The Morgan fingerprint density at radius 1 is 1.05 bits per heavy atom. The zero-order valence-corrected chi connectivity index (χ0v) is 13.0. The summed E-state index contributed by atoms with van der Waals surface area (Å²) in [5, 5.41) is 3.10. The standard InChI is InChI=1S/C15H29N3O2/c1-3-17(4-2)14(19)9-10-16-13-15(20)18-11-7-5-6-8-12-18/h16H,3-13H2,1-2H3. The maximum Gasteiger partial charge on any atom is 0.236 e. The van der Waals surface area contributed by atoms with Crippen molar-refractivity contribution in [3.8, 4) is 0 Å². The molecular formula is C15H29N3O2. The Morgan fingerprint density at radius 2 is 1.65 bits per heavy atom. The fourth-order valence-corrected chi connectivity index (χ4v) is 2.56. The summed E-state index contributed by atoms with van der Waals surface area (Å²) in [5.74, 6) is 0.326. The van der Waals surface area contributed by atoms with Gasteiger partial charge in [0, 0.05) is 39.1 Å². The molecule has 1 aliphatic rings. The van der Waals surface area contributed by atoms with Crippen LogP contribution in [0.5, 0.6) is 0 Å². The molecule has 1 saturated heterocycles. The van der Waals surface area contributed by atoms with Crippen LogP contribution in [0.2, 0.25) is 0 Å². The summed E-state index contributed by atoms with van der Waals surface area (Å²) in [6.45, 7) is 8.18. The fourth-order valence-electron chi connectivity index (χ4n) is 2.56. The van der Waals surface area contributed by atoms with Gasteiger partial charge in [0.2, 0.25) is 11.8 Å². The van der Waals surface area contributed by atoms with E-state index in [1.807, 2.05) is 23.6 Å². The van der Waals surface area contributed by atoms with E-state index < -0.39 is 0 Å². The highest BCUT2D eigenvalue weighted by atomic mass is 16.2.